The van der Waals surface area contributed by atoms with Crippen molar-refractivity contribution in [1.82, 2.24) is 4.98 Å². The van der Waals surface area contributed by atoms with Crippen molar-refractivity contribution in [2.45, 2.75) is 26.2 Å². The zero-order chi connectivity index (χ0) is 17.8. The van der Waals surface area contributed by atoms with Crippen molar-refractivity contribution in [3.8, 4) is 0 Å². The summed E-state index contributed by atoms with van der Waals surface area (Å²) in [6.07, 6.45) is 2.13. The Hall–Kier alpha value is -2.26. The van der Waals surface area contributed by atoms with Gasteiger partial charge in [0.2, 0.25) is 0 Å². The molecular weight excluding hydrogens is 374 g/mol. The summed E-state index contributed by atoms with van der Waals surface area (Å²) in [6.45, 7) is 4.01. The first-order valence-electron chi connectivity index (χ1n) is 8.31. The average Bonchev–Trinajstić information content (AvgIpc) is 2.60. The van der Waals surface area contributed by atoms with Gasteiger partial charge in [-0.2, -0.15) is 0 Å². The lowest BCUT2D eigenvalue weighted by Gasteiger charge is -2.20. The lowest BCUT2D eigenvalue weighted by atomic mass is 9.84. The number of halogens is 1. The van der Waals surface area contributed by atoms with Crippen LogP contribution in [0.1, 0.15) is 45.1 Å². The molecule has 2 nitrogen and oxygen atoms in total. The molecule has 0 aliphatic rings. The monoisotopic (exact) mass is 393 g/mol. The fourth-order valence-corrected chi connectivity index (χ4v) is 3.55. The van der Waals surface area contributed by atoms with E-state index >= 15 is 0 Å². The van der Waals surface area contributed by atoms with Gasteiger partial charge in [-0.25, -0.2) is 0 Å². The second-order valence-electron chi connectivity index (χ2n) is 6.28. The van der Waals surface area contributed by atoms with E-state index in [1.54, 1.807) is 12.3 Å². The van der Waals surface area contributed by atoms with Crippen LogP contribution in [0.5, 0.6) is 0 Å². The van der Waals surface area contributed by atoms with Crippen molar-refractivity contribution in [2.24, 2.45) is 0 Å². The molecule has 1 heterocycles. The first-order valence-corrected chi connectivity index (χ1v) is 9.11. The fraction of sp³-hybridized carbons (Fsp3) is 0.182. The van der Waals surface area contributed by atoms with Crippen LogP contribution in [0.2, 0.25) is 0 Å². The molecule has 3 heteroatoms. The summed E-state index contributed by atoms with van der Waals surface area (Å²) in [5.41, 5.74) is 5.12. The molecule has 0 N–H and O–H groups in total. The highest BCUT2D eigenvalue weighted by atomic mass is 79.9. The molecule has 0 spiro atoms. The minimum atomic E-state index is 0.0275. The number of hydrogen-bond donors (Lipinski definition) is 0. The Bertz CT molecular complexity index is 904. The topological polar surface area (TPSA) is 30.0 Å². The Balaban J connectivity index is 2.00. The molecule has 2 aromatic carbocycles. The molecule has 0 saturated heterocycles. The summed E-state index contributed by atoms with van der Waals surface area (Å²) >= 11 is 3.55. The van der Waals surface area contributed by atoms with Crippen molar-refractivity contribution in [2.75, 3.05) is 0 Å². The number of nitrogens with zero attached hydrogens (tertiary/aromatic N) is 1. The summed E-state index contributed by atoms with van der Waals surface area (Å²) < 4.78 is 1.02. The number of aryl methyl sites for hydroxylation is 2. The molecule has 1 atom stereocenters. The molecule has 3 aromatic rings. The van der Waals surface area contributed by atoms with Crippen molar-refractivity contribution in [1.29, 1.82) is 0 Å². The minimum absolute atomic E-state index is 0.0275. The Morgan fingerprint density at radius 3 is 2.56 bits per heavy atom. The summed E-state index contributed by atoms with van der Waals surface area (Å²) in [5.74, 6) is 0.165. The van der Waals surface area contributed by atoms with E-state index in [0.29, 0.717) is 6.42 Å². The first kappa shape index (κ1) is 17.6. The third-order valence-electron chi connectivity index (χ3n) is 4.42. The molecule has 0 fully saturated rings. The van der Waals surface area contributed by atoms with Gasteiger partial charge in [-0.1, -0.05) is 52.3 Å². The van der Waals surface area contributed by atoms with Gasteiger partial charge in [0.1, 0.15) is 0 Å². The van der Waals surface area contributed by atoms with Gasteiger partial charge in [0.05, 0.1) is 0 Å². The highest BCUT2D eigenvalue weighted by Crippen LogP contribution is 2.32. The van der Waals surface area contributed by atoms with Crippen molar-refractivity contribution < 1.29 is 4.79 Å². The summed E-state index contributed by atoms with van der Waals surface area (Å²) in [6, 6.07) is 20.2. The van der Waals surface area contributed by atoms with Gasteiger partial charge in [0.15, 0.2) is 5.78 Å². The van der Waals surface area contributed by atoms with Crippen molar-refractivity contribution >= 4 is 21.7 Å². The Morgan fingerprint density at radius 1 is 1.04 bits per heavy atom. The van der Waals surface area contributed by atoms with Crippen LogP contribution in [-0.2, 0) is 0 Å². The second-order valence-corrected chi connectivity index (χ2v) is 7.19. The fourth-order valence-electron chi connectivity index (χ4n) is 3.13. The molecule has 0 radical (unpaired) electrons. The van der Waals surface area contributed by atoms with Crippen LogP contribution in [0.3, 0.4) is 0 Å². The van der Waals surface area contributed by atoms with E-state index < -0.39 is 0 Å². The standard InChI is InChI=1S/C22H20BrNO/c1-15-6-3-4-9-20(15)21(17-7-5-8-19(23)13-17)14-22(25)18-10-11-24-16(2)12-18/h3-13,21H,14H2,1-2H3. The van der Waals surface area contributed by atoms with Crippen LogP contribution in [0.4, 0.5) is 0 Å². The van der Waals surface area contributed by atoms with Crippen LogP contribution in [-0.4, -0.2) is 10.8 Å². The normalized spacial score (nSPS) is 12.0. The third-order valence-corrected chi connectivity index (χ3v) is 4.92. The molecule has 0 saturated carbocycles. The maximum absolute atomic E-state index is 12.9. The van der Waals surface area contributed by atoms with E-state index in [2.05, 4.69) is 52.1 Å². The highest BCUT2D eigenvalue weighted by Gasteiger charge is 2.21. The SMILES string of the molecule is Cc1cc(C(=O)CC(c2cccc(Br)c2)c2ccccc2C)ccn1. The summed E-state index contributed by atoms with van der Waals surface area (Å²) in [5, 5.41) is 0. The van der Waals surface area contributed by atoms with Gasteiger partial charge in [-0.15, -0.1) is 0 Å². The number of Topliss-reactive ketones (excluding diaryl/α,β-unsaturated/α-hetero) is 1. The largest absolute Gasteiger partial charge is 0.294 e. The van der Waals surface area contributed by atoms with Crippen molar-refractivity contribution in [3.05, 3.63) is 99.3 Å². The maximum atomic E-state index is 12.9. The first-order chi connectivity index (χ1) is 12.0. The highest BCUT2D eigenvalue weighted by molar-refractivity contribution is 9.10. The minimum Gasteiger partial charge on any atom is -0.294 e. The molecule has 126 valence electrons. The predicted molar refractivity (Wildman–Crippen MR) is 105 cm³/mol. The lowest BCUT2D eigenvalue weighted by molar-refractivity contribution is 0.0977. The number of carbonyl (C=O) groups is 1. The van der Waals surface area contributed by atoms with Crippen LogP contribution in [0.15, 0.2) is 71.3 Å². The van der Waals surface area contributed by atoms with Crippen LogP contribution in [0.25, 0.3) is 0 Å². The molecule has 0 aliphatic heterocycles. The predicted octanol–water partition coefficient (Wildman–Crippen LogP) is 5.87. The third kappa shape index (κ3) is 4.23. The zero-order valence-corrected chi connectivity index (χ0v) is 16.0. The van der Waals surface area contributed by atoms with Crippen LogP contribution in [0, 0.1) is 13.8 Å². The molecule has 1 unspecified atom stereocenters. The zero-order valence-electron chi connectivity index (χ0n) is 14.4. The van der Waals surface area contributed by atoms with Crippen molar-refractivity contribution in [3.63, 3.8) is 0 Å². The molecule has 1 aromatic heterocycles. The maximum Gasteiger partial charge on any atom is 0.163 e. The number of aromatic nitrogens is 1. The molecule has 3 rings (SSSR count). The number of hydrogen-bond acceptors (Lipinski definition) is 2. The Kier molecular flexibility index (Phi) is 5.44. The Morgan fingerprint density at radius 2 is 1.84 bits per heavy atom. The summed E-state index contributed by atoms with van der Waals surface area (Å²) in [7, 11) is 0. The lowest BCUT2D eigenvalue weighted by Crippen LogP contribution is -2.11. The molecular formula is C22H20BrNO. The number of benzene rings is 2. The van der Waals surface area contributed by atoms with Gasteiger partial charge in [0.25, 0.3) is 0 Å². The number of pyridine rings is 1. The van der Waals surface area contributed by atoms with E-state index in [-0.39, 0.29) is 11.7 Å². The van der Waals surface area contributed by atoms with Gasteiger partial charge in [-0.05, 0) is 54.8 Å². The van der Waals surface area contributed by atoms with E-state index in [9.17, 15) is 4.79 Å². The van der Waals surface area contributed by atoms with Gasteiger partial charge < -0.3 is 0 Å². The average molecular weight is 394 g/mol. The molecule has 0 amide bonds. The quantitative estimate of drug-likeness (QED) is 0.507. The van der Waals surface area contributed by atoms with E-state index in [0.717, 1.165) is 21.3 Å². The second kappa shape index (κ2) is 7.75. The number of ketones is 1. The summed E-state index contributed by atoms with van der Waals surface area (Å²) in [4.78, 5) is 17.1. The number of carbonyl (C=O) groups excluding carboxylic acids is 1. The van der Waals surface area contributed by atoms with E-state index in [1.807, 2.05) is 37.3 Å². The molecule has 25 heavy (non-hydrogen) atoms. The smallest absolute Gasteiger partial charge is 0.163 e. The van der Waals surface area contributed by atoms with Gasteiger partial charge in [0, 0.05) is 34.3 Å². The number of rotatable bonds is 5. The van der Waals surface area contributed by atoms with E-state index in [4.69, 9.17) is 0 Å². The molecule has 0 aliphatic carbocycles. The molecule has 0 bridgehead atoms. The van der Waals surface area contributed by atoms with Crippen LogP contribution >= 0.6 is 15.9 Å². The Labute approximate surface area is 157 Å². The van der Waals surface area contributed by atoms with Gasteiger partial charge >= 0.3 is 0 Å². The van der Waals surface area contributed by atoms with Gasteiger partial charge in [-0.3, -0.25) is 9.78 Å². The van der Waals surface area contributed by atoms with Crippen LogP contribution < -0.4 is 0 Å². The van der Waals surface area contributed by atoms with E-state index in [1.165, 1.54) is 11.1 Å².